The number of ketones is 1. The molecule has 1 aliphatic carbocycles. The van der Waals surface area contributed by atoms with Crippen LogP contribution in [0.1, 0.15) is 78.6 Å². The maximum atomic E-state index is 12.2. The molecular weight excluding hydrogens is 328 g/mol. The molecule has 0 radical (unpaired) electrons. The summed E-state index contributed by atoms with van der Waals surface area (Å²) in [5.41, 5.74) is -0.304. The highest BCUT2D eigenvalue weighted by Gasteiger charge is 2.33. The largest absolute Gasteiger partial charge is 0.481 e. The summed E-state index contributed by atoms with van der Waals surface area (Å²) in [6, 6.07) is 0. The van der Waals surface area contributed by atoms with Crippen molar-refractivity contribution in [2.45, 2.75) is 84.7 Å². The molecule has 3 atom stereocenters. The Morgan fingerprint density at radius 2 is 2.00 bits per heavy atom. The molecule has 0 aromatic rings. The van der Waals surface area contributed by atoms with Crippen LogP contribution in [0.15, 0.2) is 12.2 Å². The number of carboxylic acids is 1. The first-order chi connectivity index (χ1) is 12.3. The molecule has 1 aliphatic rings. The number of hydrogen-bond donors (Lipinski definition) is 2. The van der Waals surface area contributed by atoms with Gasteiger partial charge in [0.25, 0.3) is 0 Å². The molecule has 2 N–H and O–H groups in total. The minimum absolute atomic E-state index is 0.0523. The molecule has 0 aromatic carbocycles. The van der Waals surface area contributed by atoms with Crippen molar-refractivity contribution in [1.29, 1.82) is 0 Å². The molecule has 0 bridgehead atoms. The van der Waals surface area contributed by atoms with Gasteiger partial charge in [-0.1, -0.05) is 45.3 Å². The van der Waals surface area contributed by atoms with Crippen LogP contribution in [0.2, 0.25) is 0 Å². The first-order valence-corrected chi connectivity index (χ1v) is 9.78. The predicted octanol–water partition coefficient (Wildman–Crippen LogP) is 4.36. The lowest BCUT2D eigenvalue weighted by molar-refractivity contribution is -0.137. The first kappa shape index (κ1) is 22.4. The number of rotatable bonds is 11. The molecule has 1 saturated carbocycles. The zero-order valence-electron chi connectivity index (χ0n) is 16.5. The Hall–Kier alpha value is -1.60. The lowest BCUT2D eigenvalue weighted by atomic mass is 9.82. The van der Waals surface area contributed by atoms with E-state index in [2.05, 4.69) is 11.8 Å². The van der Waals surface area contributed by atoms with E-state index in [-0.39, 0.29) is 23.7 Å². The maximum absolute atomic E-state index is 12.2. The average Bonchev–Trinajstić information content (AvgIpc) is 2.93. The van der Waals surface area contributed by atoms with Crippen molar-refractivity contribution in [3.05, 3.63) is 12.2 Å². The average molecular weight is 363 g/mol. The van der Waals surface area contributed by atoms with E-state index in [0.29, 0.717) is 25.0 Å². The first-order valence-electron chi connectivity index (χ1n) is 9.78. The standard InChI is InChI=1S/C22H34O4/c1-4-5-16-22(2,3)20(24)15-13-17-12-14-19(23)18(17)10-8-6-7-9-11-21(25)26/h13,15,17-18,20,24H,6-12,14,16H2,1-3H3,(H,25,26)/b15-13+/t17-,18-,20-/m1/s1. The number of hydrogen-bond acceptors (Lipinski definition) is 3. The SMILES string of the molecule is CC#CCC(C)(C)[C@H](O)/C=C/[C@H]1CCC(=O)[C@@H]1CCCCCCC(=O)O. The van der Waals surface area contributed by atoms with Gasteiger partial charge in [-0.05, 0) is 32.1 Å². The number of aliphatic carboxylic acids is 1. The lowest BCUT2D eigenvalue weighted by Crippen LogP contribution is -2.27. The summed E-state index contributed by atoms with van der Waals surface area (Å²) >= 11 is 0. The van der Waals surface area contributed by atoms with Gasteiger partial charge >= 0.3 is 5.97 Å². The fourth-order valence-corrected chi connectivity index (χ4v) is 3.46. The van der Waals surface area contributed by atoms with Crippen LogP contribution in [-0.2, 0) is 9.59 Å². The van der Waals surface area contributed by atoms with Gasteiger partial charge < -0.3 is 10.2 Å². The van der Waals surface area contributed by atoms with Crippen molar-refractivity contribution in [3.8, 4) is 11.8 Å². The number of carbonyl (C=O) groups excluding carboxylic acids is 1. The number of aliphatic hydroxyl groups excluding tert-OH is 1. The van der Waals surface area contributed by atoms with E-state index in [1.54, 1.807) is 6.92 Å². The summed E-state index contributed by atoms with van der Waals surface area (Å²) in [6.07, 6.45) is 10.1. The minimum atomic E-state index is -0.743. The highest BCUT2D eigenvalue weighted by molar-refractivity contribution is 5.83. The summed E-state index contributed by atoms with van der Waals surface area (Å²) in [5, 5.41) is 19.1. The van der Waals surface area contributed by atoms with Crippen molar-refractivity contribution in [2.75, 3.05) is 0 Å². The van der Waals surface area contributed by atoms with Crippen LogP contribution in [0.4, 0.5) is 0 Å². The molecule has 0 spiro atoms. The van der Waals surface area contributed by atoms with Gasteiger partial charge in [0.1, 0.15) is 5.78 Å². The van der Waals surface area contributed by atoms with Gasteiger partial charge in [0.2, 0.25) is 0 Å². The number of aliphatic hydroxyl groups is 1. The molecule has 1 rings (SSSR count). The van der Waals surface area contributed by atoms with Gasteiger partial charge in [-0.25, -0.2) is 0 Å². The van der Waals surface area contributed by atoms with E-state index in [1.165, 1.54) is 0 Å². The van der Waals surface area contributed by atoms with Crippen molar-refractivity contribution in [1.82, 2.24) is 0 Å². The highest BCUT2D eigenvalue weighted by atomic mass is 16.4. The second kappa shape index (κ2) is 11.2. The van der Waals surface area contributed by atoms with Crippen molar-refractivity contribution in [2.24, 2.45) is 17.3 Å². The van der Waals surface area contributed by atoms with Crippen molar-refractivity contribution < 1.29 is 19.8 Å². The van der Waals surface area contributed by atoms with Crippen LogP contribution < -0.4 is 0 Å². The van der Waals surface area contributed by atoms with Gasteiger partial charge in [0.05, 0.1) is 6.10 Å². The topological polar surface area (TPSA) is 74.6 Å². The molecule has 0 amide bonds. The maximum Gasteiger partial charge on any atom is 0.303 e. The molecule has 146 valence electrons. The van der Waals surface area contributed by atoms with E-state index in [0.717, 1.165) is 32.1 Å². The molecule has 0 aromatic heterocycles. The van der Waals surface area contributed by atoms with Crippen LogP contribution in [0, 0.1) is 29.1 Å². The highest BCUT2D eigenvalue weighted by Crippen LogP contribution is 2.35. The fraction of sp³-hybridized carbons (Fsp3) is 0.727. The lowest BCUT2D eigenvalue weighted by Gasteiger charge is -2.26. The molecule has 0 saturated heterocycles. The Morgan fingerprint density at radius 1 is 1.31 bits per heavy atom. The minimum Gasteiger partial charge on any atom is -0.481 e. The second-order valence-electron chi connectivity index (χ2n) is 8.04. The smallest absolute Gasteiger partial charge is 0.303 e. The van der Waals surface area contributed by atoms with E-state index >= 15 is 0 Å². The summed E-state index contributed by atoms with van der Waals surface area (Å²) in [4.78, 5) is 22.7. The monoisotopic (exact) mass is 362 g/mol. The Balaban J connectivity index is 2.47. The fourth-order valence-electron chi connectivity index (χ4n) is 3.46. The van der Waals surface area contributed by atoms with E-state index < -0.39 is 12.1 Å². The molecule has 0 unspecified atom stereocenters. The molecule has 1 fully saturated rings. The van der Waals surface area contributed by atoms with Crippen LogP contribution in [0.3, 0.4) is 0 Å². The quantitative estimate of drug-likeness (QED) is 0.325. The summed E-state index contributed by atoms with van der Waals surface area (Å²) in [5.74, 6) is 5.75. The number of carbonyl (C=O) groups is 2. The molecule has 4 heteroatoms. The third kappa shape index (κ3) is 7.74. The van der Waals surface area contributed by atoms with E-state index in [9.17, 15) is 14.7 Å². The van der Waals surface area contributed by atoms with Gasteiger partial charge in [-0.15, -0.1) is 11.8 Å². The van der Waals surface area contributed by atoms with Gasteiger partial charge in [0.15, 0.2) is 0 Å². The van der Waals surface area contributed by atoms with Gasteiger partial charge in [-0.3, -0.25) is 9.59 Å². The van der Waals surface area contributed by atoms with Crippen LogP contribution >= 0.6 is 0 Å². The Bertz CT molecular complexity index is 550. The molecule has 0 aliphatic heterocycles. The number of allylic oxidation sites excluding steroid dienone is 1. The van der Waals surface area contributed by atoms with Crippen LogP contribution in [0.25, 0.3) is 0 Å². The van der Waals surface area contributed by atoms with E-state index in [4.69, 9.17) is 5.11 Å². The number of Topliss-reactive ketones (excluding diaryl/α,β-unsaturated/α-hetero) is 1. The zero-order valence-corrected chi connectivity index (χ0v) is 16.5. The third-order valence-electron chi connectivity index (χ3n) is 5.37. The Morgan fingerprint density at radius 3 is 2.65 bits per heavy atom. The summed E-state index contributed by atoms with van der Waals surface area (Å²) < 4.78 is 0. The predicted molar refractivity (Wildman–Crippen MR) is 104 cm³/mol. The number of carboxylic acid groups (broad SMARTS) is 1. The van der Waals surface area contributed by atoms with Crippen molar-refractivity contribution in [3.63, 3.8) is 0 Å². The zero-order chi connectivity index (χ0) is 19.6. The van der Waals surface area contributed by atoms with Gasteiger partial charge in [-0.2, -0.15) is 0 Å². The third-order valence-corrected chi connectivity index (χ3v) is 5.37. The second-order valence-corrected chi connectivity index (χ2v) is 8.04. The molecule has 4 nitrogen and oxygen atoms in total. The van der Waals surface area contributed by atoms with Crippen molar-refractivity contribution >= 4 is 11.8 Å². The summed E-state index contributed by atoms with van der Waals surface area (Å²) in [6.45, 7) is 5.80. The Kier molecular flexibility index (Phi) is 9.65. The Labute approximate surface area is 158 Å². The molecular formula is C22H34O4. The van der Waals surface area contributed by atoms with Gasteiger partial charge in [0, 0.05) is 30.6 Å². The van der Waals surface area contributed by atoms with E-state index in [1.807, 2.05) is 26.0 Å². The summed E-state index contributed by atoms with van der Waals surface area (Å²) in [7, 11) is 0. The number of unbranched alkanes of at least 4 members (excludes halogenated alkanes) is 3. The molecule has 26 heavy (non-hydrogen) atoms. The molecule has 0 heterocycles. The van der Waals surface area contributed by atoms with Crippen LogP contribution in [0.5, 0.6) is 0 Å². The van der Waals surface area contributed by atoms with Crippen LogP contribution in [-0.4, -0.2) is 28.1 Å². The normalized spacial score (nSPS) is 21.6.